The molecule has 0 bridgehead atoms. The van der Waals surface area contributed by atoms with Crippen molar-refractivity contribution < 1.29 is 18.7 Å². The van der Waals surface area contributed by atoms with E-state index in [0.29, 0.717) is 29.0 Å². The van der Waals surface area contributed by atoms with Gasteiger partial charge < -0.3 is 14.0 Å². The molecule has 3 rings (SSSR count). The lowest BCUT2D eigenvalue weighted by molar-refractivity contribution is -0.118. The van der Waals surface area contributed by atoms with Crippen LogP contribution in [0.3, 0.4) is 0 Å². The Morgan fingerprint density at radius 1 is 1.25 bits per heavy atom. The Hall–Kier alpha value is -3.11. The predicted octanol–water partition coefficient (Wildman–Crippen LogP) is 4.02. The summed E-state index contributed by atoms with van der Waals surface area (Å²) in [6.07, 6.45) is 1.17. The van der Waals surface area contributed by atoms with Crippen LogP contribution in [0.2, 0.25) is 5.02 Å². The first kappa shape index (κ1) is 23.6. The van der Waals surface area contributed by atoms with Crippen molar-refractivity contribution in [3.05, 3.63) is 52.8 Å². The van der Waals surface area contributed by atoms with Crippen molar-refractivity contribution in [3.63, 3.8) is 0 Å². The Morgan fingerprint density at radius 2 is 2.03 bits per heavy atom. The number of benzene rings is 2. The third-order valence-electron chi connectivity index (χ3n) is 4.39. The molecule has 3 aromatic rings. The highest BCUT2D eigenvalue weighted by Crippen LogP contribution is 2.32. The van der Waals surface area contributed by atoms with Crippen LogP contribution in [-0.2, 0) is 11.3 Å². The zero-order valence-corrected chi connectivity index (χ0v) is 19.2. The van der Waals surface area contributed by atoms with E-state index in [2.05, 4.69) is 20.7 Å². The topological polar surface area (TPSA) is 90.6 Å². The van der Waals surface area contributed by atoms with E-state index in [4.69, 9.17) is 21.1 Å². The van der Waals surface area contributed by atoms with Gasteiger partial charge in [0.25, 0.3) is 5.91 Å². The molecule has 0 aliphatic rings. The van der Waals surface area contributed by atoms with Gasteiger partial charge in [-0.15, -0.1) is 10.2 Å². The summed E-state index contributed by atoms with van der Waals surface area (Å²) in [6, 6.07) is 9.77. The Morgan fingerprint density at radius 3 is 2.72 bits per heavy atom. The van der Waals surface area contributed by atoms with Crippen molar-refractivity contribution >= 4 is 35.5 Å². The number of hydrogen-bond donors (Lipinski definition) is 1. The van der Waals surface area contributed by atoms with Crippen molar-refractivity contribution in [2.45, 2.75) is 18.6 Å². The van der Waals surface area contributed by atoms with Crippen molar-refractivity contribution in [1.82, 2.24) is 20.2 Å². The Kier molecular flexibility index (Phi) is 8.07. The number of rotatable bonds is 9. The summed E-state index contributed by atoms with van der Waals surface area (Å²) < 4.78 is 26.3. The van der Waals surface area contributed by atoms with E-state index in [1.165, 1.54) is 36.2 Å². The molecule has 0 spiro atoms. The number of ether oxygens (including phenoxy) is 2. The van der Waals surface area contributed by atoms with E-state index in [1.807, 2.05) is 23.6 Å². The molecule has 11 heteroatoms. The molecule has 32 heavy (non-hydrogen) atoms. The summed E-state index contributed by atoms with van der Waals surface area (Å²) in [5, 5.41) is 13.0. The number of hydrazone groups is 1. The molecule has 2 aromatic carbocycles. The quantitative estimate of drug-likeness (QED) is 0.284. The first-order valence-corrected chi connectivity index (χ1v) is 10.9. The van der Waals surface area contributed by atoms with Crippen LogP contribution in [-0.4, -0.2) is 46.9 Å². The van der Waals surface area contributed by atoms with Gasteiger partial charge in [-0.25, -0.2) is 9.82 Å². The molecule has 0 saturated carbocycles. The highest BCUT2D eigenvalue weighted by molar-refractivity contribution is 7.99. The minimum absolute atomic E-state index is 0.0480. The van der Waals surface area contributed by atoms with Crippen LogP contribution in [0.5, 0.6) is 11.5 Å². The van der Waals surface area contributed by atoms with E-state index in [1.54, 1.807) is 20.3 Å². The van der Waals surface area contributed by atoms with Gasteiger partial charge in [0.05, 0.1) is 31.2 Å². The van der Waals surface area contributed by atoms with Crippen LogP contribution >= 0.6 is 23.4 Å². The zero-order valence-electron chi connectivity index (χ0n) is 17.6. The highest BCUT2D eigenvalue weighted by atomic mass is 35.5. The maximum atomic E-state index is 13.7. The van der Waals surface area contributed by atoms with Gasteiger partial charge in [-0.2, -0.15) is 5.10 Å². The second kappa shape index (κ2) is 11.0. The summed E-state index contributed by atoms with van der Waals surface area (Å²) in [5.41, 5.74) is 3.27. The molecule has 1 aromatic heterocycles. The number of nitrogens with one attached hydrogen (secondary N) is 1. The number of amides is 1. The molecule has 0 aliphatic carbocycles. The minimum Gasteiger partial charge on any atom is -0.493 e. The molecular weight excluding hydrogens is 457 g/mol. The lowest BCUT2D eigenvalue weighted by Crippen LogP contribution is -2.20. The minimum atomic E-state index is -0.524. The zero-order chi connectivity index (χ0) is 23.1. The van der Waals surface area contributed by atoms with Crippen molar-refractivity contribution in [2.24, 2.45) is 5.10 Å². The van der Waals surface area contributed by atoms with Gasteiger partial charge in [0.15, 0.2) is 22.5 Å². The van der Waals surface area contributed by atoms with Gasteiger partial charge in [0.1, 0.15) is 5.82 Å². The lowest BCUT2D eigenvalue weighted by atomic mass is 10.2. The van der Waals surface area contributed by atoms with E-state index >= 15 is 0 Å². The lowest BCUT2D eigenvalue weighted by Gasteiger charge is -2.10. The third-order valence-corrected chi connectivity index (χ3v) is 5.69. The van der Waals surface area contributed by atoms with Crippen LogP contribution in [0.4, 0.5) is 4.39 Å². The smallest absolute Gasteiger partial charge is 0.250 e. The van der Waals surface area contributed by atoms with Gasteiger partial charge in [-0.05, 0) is 37.3 Å². The monoisotopic (exact) mass is 477 g/mol. The van der Waals surface area contributed by atoms with Crippen molar-refractivity contribution in [3.8, 4) is 22.9 Å². The SMILES string of the molecule is CCn1c(SCC(=O)NN=Cc2c(F)cccc2Cl)nnc1-c1ccc(OC)c(OC)c1. The van der Waals surface area contributed by atoms with Crippen molar-refractivity contribution in [1.29, 1.82) is 0 Å². The van der Waals surface area contributed by atoms with Crippen LogP contribution < -0.4 is 14.9 Å². The molecule has 0 radical (unpaired) electrons. The number of halogens is 2. The van der Waals surface area contributed by atoms with Crippen LogP contribution in [0.1, 0.15) is 12.5 Å². The Balaban J connectivity index is 1.67. The largest absolute Gasteiger partial charge is 0.493 e. The second-order valence-electron chi connectivity index (χ2n) is 6.34. The molecule has 0 aliphatic heterocycles. The third kappa shape index (κ3) is 5.38. The number of methoxy groups -OCH3 is 2. The maximum Gasteiger partial charge on any atom is 0.250 e. The molecule has 1 N–H and O–H groups in total. The van der Waals surface area contributed by atoms with Gasteiger partial charge in [-0.1, -0.05) is 29.4 Å². The van der Waals surface area contributed by atoms with Gasteiger partial charge in [-0.3, -0.25) is 4.79 Å². The van der Waals surface area contributed by atoms with Gasteiger partial charge in [0.2, 0.25) is 0 Å². The van der Waals surface area contributed by atoms with Gasteiger partial charge >= 0.3 is 0 Å². The van der Waals surface area contributed by atoms with E-state index in [-0.39, 0.29) is 22.2 Å². The molecule has 168 valence electrons. The Bertz CT molecular complexity index is 1120. The van der Waals surface area contributed by atoms with E-state index < -0.39 is 5.82 Å². The molecule has 1 amide bonds. The van der Waals surface area contributed by atoms with Crippen molar-refractivity contribution in [2.75, 3.05) is 20.0 Å². The average molecular weight is 478 g/mol. The molecule has 0 unspecified atom stereocenters. The predicted molar refractivity (Wildman–Crippen MR) is 122 cm³/mol. The molecule has 1 heterocycles. The second-order valence-corrected chi connectivity index (χ2v) is 7.69. The number of hydrogen-bond acceptors (Lipinski definition) is 7. The summed E-state index contributed by atoms with van der Waals surface area (Å²) in [5.74, 6) is 0.982. The molecule has 0 atom stereocenters. The van der Waals surface area contributed by atoms with Crippen LogP contribution in [0.25, 0.3) is 11.4 Å². The summed E-state index contributed by atoms with van der Waals surface area (Å²) >= 11 is 7.14. The maximum absolute atomic E-state index is 13.7. The standard InChI is InChI=1S/C21H21ClFN5O3S/c1-4-28-20(13-8-9-17(30-2)18(10-13)31-3)26-27-21(28)32-12-19(29)25-24-11-14-15(22)6-5-7-16(14)23/h5-11H,4,12H2,1-3H3,(H,25,29). The van der Waals surface area contributed by atoms with Crippen LogP contribution in [0, 0.1) is 5.82 Å². The van der Waals surface area contributed by atoms with Crippen LogP contribution in [0.15, 0.2) is 46.7 Å². The first-order valence-electron chi connectivity index (χ1n) is 9.52. The number of carbonyl (C=O) groups is 1. The average Bonchev–Trinajstić information content (AvgIpc) is 3.22. The summed E-state index contributed by atoms with van der Waals surface area (Å²) in [4.78, 5) is 12.1. The number of aromatic nitrogens is 3. The molecule has 8 nitrogen and oxygen atoms in total. The Labute approximate surface area is 193 Å². The molecule has 0 saturated heterocycles. The molecule has 0 fully saturated rings. The highest BCUT2D eigenvalue weighted by Gasteiger charge is 2.16. The number of thioether (sulfide) groups is 1. The number of nitrogens with zero attached hydrogens (tertiary/aromatic N) is 4. The first-order chi connectivity index (χ1) is 15.5. The normalized spacial score (nSPS) is 11.0. The fourth-order valence-corrected chi connectivity index (χ4v) is 3.84. The number of carbonyl (C=O) groups excluding carboxylic acids is 1. The molecular formula is C21H21ClFN5O3S. The summed E-state index contributed by atoms with van der Waals surface area (Å²) in [7, 11) is 3.13. The fourth-order valence-electron chi connectivity index (χ4n) is 2.83. The summed E-state index contributed by atoms with van der Waals surface area (Å²) in [6.45, 7) is 2.56. The van der Waals surface area contributed by atoms with Gasteiger partial charge in [0, 0.05) is 17.7 Å². The van der Waals surface area contributed by atoms with E-state index in [0.717, 1.165) is 5.56 Å². The van der Waals surface area contributed by atoms with E-state index in [9.17, 15) is 9.18 Å². The fraction of sp³-hybridized carbons (Fsp3) is 0.238.